The predicted molar refractivity (Wildman–Crippen MR) is 80.3 cm³/mol. The standard InChI is InChI=1S/C15H18N4O/c1-11-5-3-8-14(17-11)10-19(2)15(20)18-13-7-4-6-12(16)9-13/h3-9H,10,16H2,1-2H3,(H,18,20). The van der Waals surface area contributed by atoms with Gasteiger partial charge >= 0.3 is 6.03 Å². The van der Waals surface area contributed by atoms with E-state index in [0.717, 1.165) is 11.4 Å². The first-order chi connectivity index (χ1) is 9.54. The third-order valence-corrected chi connectivity index (χ3v) is 2.83. The topological polar surface area (TPSA) is 71.2 Å². The Kier molecular flexibility index (Phi) is 4.20. The van der Waals surface area contributed by atoms with Crippen LogP contribution < -0.4 is 11.1 Å². The first-order valence-electron chi connectivity index (χ1n) is 6.35. The third-order valence-electron chi connectivity index (χ3n) is 2.83. The van der Waals surface area contributed by atoms with Crippen molar-refractivity contribution in [2.45, 2.75) is 13.5 Å². The fourth-order valence-corrected chi connectivity index (χ4v) is 1.84. The van der Waals surface area contributed by atoms with Gasteiger partial charge in [0.1, 0.15) is 0 Å². The summed E-state index contributed by atoms with van der Waals surface area (Å²) in [7, 11) is 1.73. The molecule has 0 aliphatic heterocycles. The van der Waals surface area contributed by atoms with Crippen molar-refractivity contribution >= 4 is 17.4 Å². The molecule has 1 aromatic heterocycles. The summed E-state index contributed by atoms with van der Waals surface area (Å²) in [5.74, 6) is 0. The summed E-state index contributed by atoms with van der Waals surface area (Å²) in [6.45, 7) is 2.38. The van der Waals surface area contributed by atoms with Crippen LogP contribution in [-0.2, 0) is 6.54 Å². The molecule has 1 heterocycles. The number of nitrogens with two attached hydrogens (primary N) is 1. The largest absolute Gasteiger partial charge is 0.399 e. The number of carbonyl (C=O) groups is 1. The van der Waals surface area contributed by atoms with Crippen molar-refractivity contribution in [1.29, 1.82) is 0 Å². The van der Waals surface area contributed by atoms with Crippen LogP contribution in [0.1, 0.15) is 11.4 Å². The van der Waals surface area contributed by atoms with E-state index in [1.54, 1.807) is 36.2 Å². The molecule has 0 aliphatic rings. The van der Waals surface area contributed by atoms with Crippen LogP contribution in [0.5, 0.6) is 0 Å². The molecule has 2 aromatic rings. The quantitative estimate of drug-likeness (QED) is 0.842. The summed E-state index contributed by atoms with van der Waals surface area (Å²) < 4.78 is 0. The number of hydrogen-bond acceptors (Lipinski definition) is 3. The molecule has 0 radical (unpaired) electrons. The molecule has 104 valence electrons. The summed E-state index contributed by atoms with van der Waals surface area (Å²) >= 11 is 0. The van der Waals surface area contributed by atoms with Crippen LogP contribution in [0.25, 0.3) is 0 Å². The Hall–Kier alpha value is -2.56. The van der Waals surface area contributed by atoms with Crippen LogP contribution in [-0.4, -0.2) is 23.0 Å². The molecular weight excluding hydrogens is 252 g/mol. The SMILES string of the molecule is Cc1cccc(CN(C)C(=O)Nc2cccc(N)c2)n1. The number of rotatable bonds is 3. The minimum absolute atomic E-state index is 0.195. The molecule has 3 N–H and O–H groups in total. The Labute approximate surface area is 118 Å². The van der Waals surface area contributed by atoms with E-state index in [1.165, 1.54) is 0 Å². The van der Waals surface area contributed by atoms with Gasteiger partial charge in [-0.2, -0.15) is 0 Å². The van der Waals surface area contributed by atoms with Gasteiger partial charge in [0.25, 0.3) is 0 Å². The molecule has 2 amide bonds. The Morgan fingerprint density at radius 2 is 2.05 bits per heavy atom. The van der Waals surface area contributed by atoms with Crippen LogP contribution in [0.4, 0.5) is 16.2 Å². The van der Waals surface area contributed by atoms with E-state index >= 15 is 0 Å². The van der Waals surface area contributed by atoms with E-state index in [2.05, 4.69) is 10.3 Å². The number of urea groups is 1. The van der Waals surface area contributed by atoms with Crippen molar-refractivity contribution < 1.29 is 4.79 Å². The number of nitrogen functional groups attached to an aromatic ring is 1. The van der Waals surface area contributed by atoms with Crippen LogP contribution >= 0.6 is 0 Å². The Bertz CT molecular complexity index is 612. The van der Waals surface area contributed by atoms with E-state index in [0.29, 0.717) is 17.9 Å². The zero-order chi connectivity index (χ0) is 14.5. The van der Waals surface area contributed by atoms with Crippen molar-refractivity contribution in [3.8, 4) is 0 Å². The molecule has 0 aliphatic carbocycles. The van der Waals surface area contributed by atoms with E-state index in [9.17, 15) is 4.79 Å². The molecule has 0 atom stereocenters. The third kappa shape index (κ3) is 3.71. The Morgan fingerprint density at radius 1 is 1.30 bits per heavy atom. The number of amides is 2. The number of nitrogens with one attached hydrogen (secondary N) is 1. The fraction of sp³-hybridized carbons (Fsp3) is 0.200. The van der Waals surface area contributed by atoms with E-state index in [1.807, 2.05) is 25.1 Å². The van der Waals surface area contributed by atoms with Crippen LogP contribution in [0.3, 0.4) is 0 Å². The number of pyridine rings is 1. The Morgan fingerprint density at radius 3 is 2.75 bits per heavy atom. The second kappa shape index (κ2) is 6.06. The number of hydrogen-bond donors (Lipinski definition) is 2. The van der Waals surface area contributed by atoms with Crippen LogP contribution in [0, 0.1) is 6.92 Å². The van der Waals surface area contributed by atoms with Gasteiger partial charge in [0.15, 0.2) is 0 Å². The molecule has 0 fully saturated rings. The maximum atomic E-state index is 12.1. The van der Waals surface area contributed by atoms with E-state index in [4.69, 9.17) is 5.73 Å². The lowest BCUT2D eigenvalue weighted by Gasteiger charge is -2.18. The predicted octanol–water partition coefficient (Wildman–Crippen LogP) is 2.64. The molecule has 5 nitrogen and oxygen atoms in total. The summed E-state index contributed by atoms with van der Waals surface area (Å²) in [6.07, 6.45) is 0. The zero-order valence-electron chi connectivity index (χ0n) is 11.6. The average molecular weight is 270 g/mol. The van der Waals surface area contributed by atoms with Gasteiger partial charge in [-0.15, -0.1) is 0 Å². The number of carbonyl (C=O) groups excluding carboxylic acids is 1. The number of nitrogens with zero attached hydrogens (tertiary/aromatic N) is 2. The number of aryl methyl sites for hydroxylation is 1. The second-order valence-electron chi connectivity index (χ2n) is 4.68. The molecule has 0 saturated heterocycles. The summed E-state index contributed by atoms with van der Waals surface area (Å²) in [5, 5.41) is 2.80. The van der Waals surface area contributed by atoms with Gasteiger partial charge in [-0.05, 0) is 37.3 Å². The lowest BCUT2D eigenvalue weighted by atomic mass is 10.3. The summed E-state index contributed by atoms with van der Waals surface area (Å²) in [4.78, 5) is 18.0. The molecule has 0 spiro atoms. The summed E-state index contributed by atoms with van der Waals surface area (Å²) in [5.41, 5.74) is 8.77. The molecule has 1 aromatic carbocycles. The smallest absolute Gasteiger partial charge is 0.321 e. The highest BCUT2D eigenvalue weighted by Crippen LogP contribution is 2.12. The van der Waals surface area contributed by atoms with Crippen molar-refractivity contribution in [2.24, 2.45) is 0 Å². The monoisotopic (exact) mass is 270 g/mol. The highest BCUT2D eigenvalue weighted by Gasteiger charge is 2.10. The lowest BCUT2D eigenvalue weighted by molar-refractivity contribution is 0.220. The molecule has 2 rings (SSSR count). The molecule has 0 bridgehead atoms. The fourth-order valence-electron chi connectivity index (χ4n) is 1.84. The van der Waals surface area contributed by atoms with Crippen molar-refractivity contribution in [3.63, 3.8) is 0 Å². The van der Waals surface area contributed by atoms with Gasteiger partial charge in [-0.3, -0.25) is 4.98 Å². The highest BCUT2D eigenvalue weighted by molar-refractivity contribution is 5.89. The zero-order valence-corrected chi connectivity index (χ0v) is 11.6. The molecule has 5 heteroatoms. The lowest BCUT2D eigenvalue weighted by Crippen LogP contribution is -2.31. The van der Waals surface area contributed by atoms with Gasteiger partial charge in [0.05, 0.1) is 12.2 Å². The van der Waals surface area contributed by atoms with Gasteiger partial charge in [0, 0.05) is 24.1 Å². The molecule has 20 heavy (non-hydrogen) atoms. The average Bonchev–Trinajstić information content (AvgIpc) is 2.38. The second-order valence-corrected chi connectivity index (χ2v) is 4.68. The Balaban J connectivity index is 1.98. The maximum absolute atomic E-state index is 12.1. The first kappa shape index (κ1) is 13.9. The maximum Gasteiger partial charge on any atom is 0.321 e. The molecular formula is C15H18N4O. The number of aromatic nitrogens is 1. The van der Waals surface area contributed by atoms with Crippen molar-refractivity contribution in [2.75, 3.05) is 18.1 Å². The minimum atomic E-state index is -0.195. The molecule has 0 saturated carbocycles. The van der Waals surface area contributed by atoms with Crippen molar-refractivity contribution in [1.82, 2.24) is 9.88 Å². The molecule has 0 unspecified atom stereocenters. The van der Waals surface area contributed by atoms with Gasteiger partial charge in [0.2, 0.25) is 0 Å². The van der Waals surface area contributed by atoms with Crippen molar-refractivity contribution in [3.05, 3.63) is 53.9 Å². The first-order valence-corrected chi connectivity index (χ1v) is 6.35. The highest BCUT2D eigenvalue weighted by atomic mass is 16.2. The van der Waals surface area contributed by atoms with Gasteiger partial charge in [-0.1, -0.05) is 12.1 Å². The minimum Gasteiger partial charge on any atom is -0.399 e. The van der Waals surface area contributed by atoms with Gasteiger partial charge < -0.3 is 16.0 Å². The normalized spacial score (nSPS) is 10.1. The number of anilines is 2. The van der Waals surface area contributed by atoms with Crippen LogP contribution in [0.15, 0.2) is 42.5 Å². The summed E-state index contributed by atoms with van der Waals surface area (Å²) in [6, 6.07) is 12.7. The van der Waals surface area contributed by atoms with Gasteiger partial charge in [-0.25, -0.2) is 4.79 Å². The van der Waals surface area contributed by atoms with Crippen LogP contribution in [0.2, 0.25) is 0 Å². The number of benzene rings is 1. The van der Waals surface area contributed by atoms with E-state index < -0.39 is 0 Å². The van der Waals surface area contributed by atoms with E-state index in [-0.39, 0.29) is 6.03 Å².